The Hall–Kier alpha value is -1.81. The van der Waals surface area contributed by atoms with E-state index in [0.29, 0.717) is 15.9 Å². The van der Waals surface area contributed by atoms with Gasteiger partial charge in [-0.05, 0) is 6.07 Å². The summed E-state index contributed by atoms with van der Waals surface area (Å²) in [6.45, 7) is 0. The number of rotatable bonds is 2. The van der Waals surface area contributed by atoms with Crippen LogP contribution in [0.15, 0.2) is 24.4 Å². The predicted molar refractivity (Wildman–Crippen MR) is 59.7 cm³/mol. The van der Waals surface area contributed by atoms with Gasteiger partial charge in [-0.2, -0.15) is 0 Å². The highest BCUT2D eigenvalue weighted by molar-refractivity contribution is 6.44. The predicted octanol–water partition coefficient (Wildman–Crippen LogP) is 2.18. The van der Waals surface area contributed by atoms with Crippen LogP contribution in [0.5, 0.6) is 0 Å². The van der Waals surface area contributed by atoms with Gasteiger partial charge in [-0.3, -0.25) is 4.79 Å². The SMILES string of the molecule is COC(=O)C(=O)c1c[nH]c2c(Cl)cccc12. The van der Waals surface area contributed by atoms with Gasteiger partial charge in [0.2, 0.25) is 0 Å². The van der Waals surface area contributed by atoms with Crippen molar-refractivity contribution in [3.63, 3.8) is 0 Å². The lowest BCUT2D eigenvalue weighted by Crippen LogP contribution is -2.15. The molecule has 0 fully saturated rings. The Labute approximate surface area is 96.2 Å². The molecule has 0 aliphatic heterocycles. The molecule has 0 spiro atoms. The normalized spacial score (nSPS) is 10.4. The van der Waals surface area contributed by atoms with Crippen LogP contribution in [0, 0.1) is 0 Å². The van der Waals surface area contributed by atoms with E-state index in [1.165, 1.54) is 13.3 Å². The van der Waals surface area contributed by atoms with E-state index in [9.17, 15) is 9.59 Å². The Kier molecular flexibility index (Phi) is 2.66. The maximum absolute atomic E-state index is 11.6. The number of methoxy groups -OCH3 is 1. The lowest BCUT2D eigenvalue weighted by Gasteiger charge is -1.97. The molecule has 1 N–H and O–H groups in total. The Morgan fingerprint density at radius 1 is 1.38 bits per heavy atom. The summed E-state index contributed by atoms with van der Waals surface area (Å²) in [5.74, 6) is -1.57. The maximum atomic E-state index is 11.6. The summed E-state index contributed by atoms with van der Waals surface area (Å²) in [7, 11) is 1.17. The van der Waals surface area contributed by atoms with E-state index in [-0.39, 0.29) is 5.56 Å². The van der Waals surface area contributed by atoms with Crippen LogP contribution in [0.3, 0.4) is 0 Å². The first-order valence-electron chi connectivity index (χ1n) is 4.53. The molecule has 0 amide bonds. The van der Waals surface area contributed by atoms with Gasteiger partial charge < -0.3 is 9.72 Å². The minimum absolute atomic E-state index is 0.268. The number of nitrogens with one attached hydrogen (secondary N) is 1. The molecule has 0 aliphatic carbocycles. The number of benzene rings is 1. The smallest absolute Gasteiger partial charge is 0.379 e. The number of carbonyl (C=O) groups excluding carboxylic acids is 2. The minimum atomic E-state index is -0.888. The second kappa shape index (κ2) is 3.98. The second-order valence-electron chi connectivity index (χ2n) is 3.19. The first-order chi connectivity index (χ1) is 7.65. The summed E-state index contributed by atoms with van der Waals surface area (Å²) in [4.78, 5) is 25.6. The maximum Gasteiger partial charge on any atom is 0.379 e. The van der Waals surface area contributed by atoms with Gasteiger partial charge >= 0.3 is 5.97 Å². The Balaban J connectivity index is 2.59. The molecule has 1 aromatic heterocycles. The van der Waals surface area contributed by atoms with Gasteiger partial charge in [0, 0.05) is 11.6 Å². The molecule has 4 nitrogen and oxygen atoms in total. The molecule has 5 heteroatoms. The van der Waals surface area contributed by atoms with E-state index in [2.05, 4.69) is 9.72 Å². The molecule has 0 radical (unpaired) electrons. The molecule has 82 valence electrons. The molecule has 1 aromatic carbocycles. The fourth-order valence-electron chi connectivity index (χ4n) is 1.51. The molecule has 2 aromatic rings. The number of ketones is 1. The topological polar surface area (TPSA) is 59.2 Å². The zero-order chi connectivity index (χ0) is 11.7. The van der Waals surface area contributed by atoms with Crippen LogP contribution in [0.25, 0.3) is 10.9 Å². The summed E-state index contributed by atoms with van der Waals surface area (Å²) in [6.07, 6.45) is 1.45. The summed E-state index contributed by atoms with van der Waals surface area (Å²) < 4.78 is 4.38. The van der Waals surface area contributed by atoms with Gasteiger partial charge in [-0.1, -0.05) is 23.7 Å². The molecule has 0 aliphatic rings. The van der Waals surface area contributed by atoms with Crippen molar-refractivity contribution >= 4 is 34.3 Å². The lowest BCUT2D eigenvalue weighted by atomic mass is 10.1. The van der Waals surface area contributed by atoms with Crippen LogP contribution in [0.1, 0.15) is 10.4 Å². The fraction of sp³-hybridized carbons (Fsp3) is 0.0909. The summed E-state index contributed by atoms with van der Waals surface area (Å²) in [5, 5.41) is 1.12. The lowest BCUT2D eigenvalue weighted by molar-refractivity contribution is -0.135. The van der Waals surface area contributed by atoms with Crippen molar-refractivity contribution in [2.45, 2.75) is 0 Å². The molecule has 0 unspecified atom stereocenters. The van der Waals surface area contributed by atoms with Gasteiger partial charge in [-0.25, -0.2) is 4.79 Å². The number of fused-ring (bicyclic) bond motifs is 1. The van der Waals surface area contributed by atoms with Crippen LogP contribution in [0.4, 0.5) is 0 Å². The molecular formula is C11H8ClNO3. The average molecular weight is 238 g/mol. The zero-order valence-electron chi connectivity index (χ0n) is 8.41. The fourth-order valence-corrected chi connectivity index (χ4v) is 1.74. The number of aromatic nitrogens is 1. The Bertz CT molecular complexity index is 574. The first kappa shape index (κ1) is 10.7. The second-order valence-corrected chi connectivity index (χ2v) is 3.59. The number of para-hydroxylation sites is 1. The number of esters is 1. The van der Waals surface area contributed by atoms with Crippen molar-refractivity contribution in [1.82, 2.24) is 4.98 Å². The summed E-state index contributed by atoms with van der Waals surface area (Å²) >= 11 is 5.93. The molecule has 0 saturated heterocycles. The highest BCUT2D eigenvalue weighted by Crippen LogP contribution is 2.25. The Morgan fingerprint density at radius 3 is 2.81 bits per heavy atom. The molecule has 0 atom stereocenters. The van der Waals surface area contributed by atoms with Crippen molar-refractivity contribution in [3.8, 4) is 0 Å². The van der Waals surface area contributed by atoms with Crippen molar-refractivity contribution in [2.24, 2.45) is 0 Å². The van der Waals surface area contributed by atoms with Gasteiger partial charge in [0.25, 0.3) is 5.78 Å². The van der Waals surface area contributed by atoms with E-state index in [4.69, 9.17) is 11.6 Å². The highest BCUT2D eigenvalue weighted by atomic mass is 35.5. The van der Waals surface area contributed by atoms with Crippen LogP contribution >= 0.6 is 11.6 Å². The quantitative estimate of drug-likeness (QED) is 0.495. The van der Waals surface area contributed by atoms with E-state index in [1.54, 1.807) is 18.2 Å². The number of halogens is 1. The van der Waals surface area contributed by atoms with E-state index >= 15 is 0 Å². The standard InChI is InChI=1S/C11H8ClNO3/c1-16-11(15)10(14)7-5-13-9-6(7)3-2-4-8(9)12/h2-5,13H,1H3. The third-order valence-electron chi connectivity index (χ3n) is 2.28. The van der Waals surface area contributed by atoms with Crippen molar-refractivity contribution in [1.29, 1.82) is 0 Å². The van der Waals surface area contributed by atoms with E-state index < -0.39 is 11.8 Å². The summed E-state index contributed by atoms with van der Waals surface area (Å²) in [6, 6.07) is 5.13. The highest BCUT2D eigenvalue weighted by Gasteiger charge is 2.20. The number of ether oxygens (including phenoxy) is 1. The van der Waals surface area contributed by atoms with E-state index in [1.807, 2.05) is 0 Å². The third kappa shape index (κ3) is 1.57. The minimum Gasteiger partial charge on any atom is -0.463 e. The van der Waals surface area contributed by atoms with Crippen molar-refractivity contribution in [2.75, 3.05) is 7.11 Å². The van der Waals surface area contributed by atoms with Gasteiger partial charge in [0.15, 0.2) is 0 Å². The van der Waals surface area contributed by atoms with Crippen LogP contribution in [-0.2, 0) is 9.53 Å². The molecular weight excluding hydrogens is 230 g/mol. The number of H-pyrrole nitrogens is 1. The summed E-state index contributed by atoms with van der Waals surface area (Å²) in [5.41, 5.74) is 0.903. The number of hydrogen-bond acceptors (Lipinski definition) is 3. The number of hydrogen-bond donors (Lipinski definition) is 1. The number of Topliss-reactive ketones (excluding diaryl/α,β-unsaturated/α-hetero) is 1. The van der Waals surface area contributed by atoms with Gasteiger partial charge in [-0.15, -0.1) is 0 Å². The third-order valence-corrected chi connectivity index (χ3v) is 2.60. The molecule has 0 bridgehead atoms. The average Bonchev–Trinajstić information content (AvgIpc) is 2.72. The number of aromatic amines is 1. The molecule has 16 heavy (non-hydrogen) atoms. The Morgan fingerprint density at radius 2 is 2.12 bits per heavy atom. The largest absolute Gasteiger partial charge is 0.463 e. The van der Waals surface area contributed by atoms with Gasteiger partial charge in [0.1, 0.15) is 0 Å². The van der Waals surface area contributed by atoms with Crippen LogP contribution in [0.2, 0.25) is 5.02 Å². The zero-order valence-corrected chi connectivity index (χ0v) is 9.17. The molecule has 0 saturated carbocycles. The monoisotopic (exact) mass is 237 g/mol. The van der Waals surface area contributed by atoms with Crippen molar-refractivity contribution < 1.29 is 14.3 Å². The first-order valence-corrected chi connectivity index (χ1v) is 4.91. The van der Waals surface area contributed by atoms with Crippen LogP contribution in [-0.4, -0.2) is 23.8 Å². The number of carbonyl (C=O) groups is 2. The molecule has 1 heterocycles. The van der Waals surface area contributed by atoms with Crippen LogP contribution < -0.4 is 0 Å². The van der Waals surface area contributed by atoms with E-state index in [0.717, 1.165) is 0 Å². The van der Waals surface area contributed by atoms with Crippen molar-refractivity contribution in [3.05, 3.63) is 35.0 Å². The molecule has 2 rings (SSSR count). The van der Waals surface area contributed by atoms with Gasteiger partial charge in [0.05, 0.1) is 23.2 Å².